The average molecular weight is 321 g/mol. The van der Waals surface area contributed by atoms with E-state index in [2.05, 4.69) is 33.0 Å². The van der Waals surface area contributed by atoms with Crippen molar-refractivity contribution in [3.05, 3.63) is 52.5 Å². The second-order valence-electron chi connectivity index (χ2n) is 4.41. The zero-order chi connectivity index (χ0) is 13.8. The van der Waals surface area contributed by atoms with Crippen LogP contribution in [0.5, 0.6) is 5.75 Å². The van der Waals surface area contributed by atoms with Crippen LogP contribution in [0.3, 0.4) is 0 Å². The average Bonchev–Trinajstić information content (AvgIpc) is 2.43. The number of halogens is 1. The molecule has 2 N–H and O–H groups in total. The van der Waals surface area contributed by atoms with Gasteiger partial charge in [-0.2, -0.15) is 0 Å². The van der Waals surface area contributed by atoms with E-state index in [0.29, 0.717) is 0 Å². The van der Waals surface area contributed by atoms with Crippen molar-refractivity contribution in [1.82, 2.24) is 0 Å². The summed E-state index contributed by atoms with van der Waals surface area (Å²) >= 11 is 3.40. The van der Waals surface area contributed by atoms with E-state index in [9.17, 15) is 0 Å². The highest BCUT2D eigenvalue weighted by atomic mass is 79.9. The summed E-state index contributed by atoms with van der Waals surface area (Å²) in [5, 5.41) is 0. The van der Waals surface area contributed by atoms with Gasteiger partial charge in [0.1, 0.15) is 5.75 Å². The molecule has 0 spiro atoms. The summed E-state index contributed by atoms with van der Waals surface area (Å²) in [5.74, 6) is 0.861. The fourth-order valence-corrected chi connectivity index (χ4v) is 2.15. The molecular formula is C15H17BrN2O. The molecule has 0 aromatic heterocycles. The Kier molecular flexibility index (Phi) is 4.32. The third-order valence-corrected chi connectivity index (χ3v) is 3.70. The number of nitrogens with zero attached hydrogens (tertiary/aromatic N) is 1. The van der Waals surface area contributed by atoms with Crippen LogP contribution >= 0.6 is 15.9 Å². The van der Waals surface area contributed by atoms with Gasteiger partial charge in [-0.05, 0) is 45.8 Å². The molecule has 2 rings (SSSR count). The maximum atomic E-state index is 5.90. The van der Waals surface area contributed by atoms with E-state index in [1.54, 1.807) is 7.11 Å². The standard InChI is InChI=1S/C15H17BrN2O/c1-18(12-4-3-5-13(9-12)19-2)10-11-6-7-14(16)15(17)8-11/h3-9H,10,17H2,1-2H3. The fraction of sp³-hybridized carbons (Fsp3) is 0.200. The Labute approximate surface area is 122 Å². The third kappa shape index (κ3) is 3.41. The summed E-state index contributed by atoms with van der Waals surface area (Å²) in [4.78, 5) is 2.16. The number of benzene rings is 2. The lowest BCUT2D eigenvalue weighted by Crippen LogP contribution is -2.16. The smallest absolute Gasteiger partial charge is 0.120 e. The Morgan fingerprint density at radius 2 is 2.00 bits per heavy atom. The zero-order valence-corrected chi connectivity index (χ0v) is 12.6. The van der Waals surface area contributed by atoms with E-state index in [-0.39, 0.29) is 0 Å². The number of anilines is 2. The molecule has 0 radical (unpaired) electrons. The van der Waals surface area contributed by atoms with E-state index in [0.717, 1.165) is 28.1 Å². The Morgan fingerprint density at radius 1 is 1.21 bits per heavy atom. The molecule has 0 aliphatic heterocycles. The largest absolute Gasteiger partial charge is 0.497 e. The van der Waals surface area contributed by atoms with Crippen molar-refractivity contribution in [2.75, 3.05) is 24.8 Å². The lowest BCUT2D eigenvalue weighted by atomic mass is 10.2. The summed E-state index contributed by atoms with van der Waals surface area (Å²) in [7, 11) is 3.72. The quantitative estimate of drug-likeness (QED) is 0.873. The monoisotopic (exact) mass is 320 g/mol. The Hall–Kier alpha value is -1.68. The maximum absolute atomic E-state index is 5.90. The van der Waals surface area contributed by atoms with Gasteiger partial charge in [0.2, 0.25) is 0 Å². The minimum Gasteiger partial charge on any atom is -0.497 e. The first-order valence-electron chi connectivity index (χ1n) is 5.99. The Morgan fingerprint density at radius 3 is 2.68 bits per heavy atom. The zero-order valence-electron chi connectivity index (χ0n) is 11.1. The van der Waals surface area contributed by atoms with E-state index in [1.807, 2.05) is 37.4 Å². The molecule has 0 aliphatic rings. The van der Waals surface area contributed by atoms with Crippen LogP contribution in [-0.4, -0.2) is 14.2 Å². The molecule has 4 heteroatoms. The molecular weight excluding hydrogens is 304 g/mol. The van der Waals surface area contributed by atoms with Gasteiger partial charge in [0, 0.05) is 35.5 Å². The van der Waals surface area contributed by atoms with Gasteiger partial charge in [0.15, 0.2) is 0 Å². The van der Waals surface area contributed by atoms with Crippen molar-refractivity contribution in [2.24, 2.45) is 0 Å². The molecule has 3 nitrogen and oxygen atoms in total. The molecule has 2 aromatic rings. The molecule has 19 heavy (non-hydrogen) atoms. The summed E-state index contributed by atoms with van der Waals surface area (Å²) in [5.41, 5.74) is 8.94. The van der Waals surface area contributed by atoms with Crippen molar-refractivity contribution < 1.29 is 4.74 Å². The van der Waals surface area contributed by atoms with Gasteiger partial charge in [-0.3, -0.25) is 0 Å². The first-order valence-corrected chi connectivity index (χ1v) is 6.78. The van der Waals surface area contributed by atoms with Crippen LogP contribution in [-0.2, 0) is 6.54 Å². The number of ether oxygens (including phenoxy) is 1. The van der Waals surface area contributed by atoms with Crippen molar-refractivity contribution in [1.29, 1.82) is 0 Å². The molecule has 0 bridgehead atoms. The molecule has 0 atom stereocenters. The normalized spacial score (nSPS) is 10.3. The van der Waals surface area contributed by atoms with E-state index in [4.69, 9.17) is 10.5 Å². The minimum absolute atomic E-state index is 0.761. The van der Waals surface area contributed by atoms with Gasteiger partial charge < -0.3 is 15.4 Å². The van der Waals surface area contributed by atoms with Crippen molar-refractivity contribution in [2.45, 2.75) is 6.54 Å². The minimum atomic E-state index is 0.761. The number of rotatable bonds is 4. The van der Waals surface area contributed by atoms with Gasteiger partial charge in [0.05, 0.1) is 7.11 Å². The molecule has 0 saturated carbocycles. The topological polar surface area (TPSA) is 38.5 Å². The Balaban J connectivity index is 2.15. The number of methoxy groups -OCH3 is 1. The third-order valence-electron chi connectivity index (χ3n) is 2.97. The fourth-order valence-electron chi connectivity index (χ4n) is 1.90. The van der Waals surface area contributed by atoms with Gasteiger partial charge in [-0.1, -0.05) is 12.1 Å². The Bertz CT molecular complexity index is 572. The highest BCUT2D eigenvalue weighted by Crippen LogP contribution is 2.24. The summed E-state index contributed by atoms with van der Waals surface area (Å²) in [6.45, 7) is 0.796. The van der Waals surface area contributed by atoms with Crippen LogP contribution in [0.2, 0.25) is 0 Å². The van der Waals surface area contributed by atoms with Gasteiger partial charge in [-0.25, -0.2) is 0 Å². The van der Waals surface area contributed by atoms with Crippen LogP contribution in [0.25, 0.3) is 0 Å². The lowest BCUT2D eigenvalue weighted by Gasteiger charge is -2.20. The van der Waals surface area contributed by atoms with Crippen LogP contribution in [0.15, 0.2) is 46.9 Å². The number of nitrogens with two attached hydrogens (primary N) is 1. The molecule has 100 valence electrons. The van der Waals surface area contributed by atoms with Crippen molar-refractivity contribution >= 4 is 27.3 Å². The number of nitrogen functional groups attached to an aromatic ring is 1. The molecule has 0 saturated heterocycles. The SMILES string of the molecule is COc1cccc(N(C)Cc2ccc(Br)c(N)c2)c1. The van der Waals surface area contributed by atoms with Gasteiger partial charge >= 0.3 is 0 Å². The first-order chi connectivity index (χ1) is 9.10. The van der Waals surface area contributed by atoms with Crippen LogP contribution in [0.1, 0.15) is 5.56 Å². The summed E-state index contributed by atoms with van der Waals surface area (Å²) < 4.78 is 6.17. The first kappa shape index (κ1) is 13.7. The van der Waals surface area contributed by atoms with Crippen LogP contribution in [0.4, 0.5) is 11.4 Å². The molecule has 2 aromatic carbocycles. The molecule has 0 amide bonds. The lowest BCUT2D eigenvalue weighted by molar-refractivity contribution is 0.415. The van der Waals surface area contributed by atoms with Gasteiger partial charge in [0.25, 0.3) is 0 Å². The summed E-state index contributed by atoms with van der Waals surface area (Å²) in [6, 6.07) is 14.0. The number of hydrogen-bond donors (Lipinski definition) is 1. The predicted octanol–water partition coefficient (Wildman–Crippen LogP) is 3.68. The van der Waals surface area contributed by atoms with Crippen LogP contribution < -0.4 is 15.4 Å². The molecule has 0 heterocycles. The highest BCUT2D eigenvalue weighted by molar-refractivity contribution is 9.10. The van der Waals surface area contributed by atoms with Crippen molar-refractivity contribution in [3.8, 4) is 5.75 Å². The highest BCUT2D eigenvalue weighted by Gasteiger charge is 2.05. The second-order valence-corrected chi connectivity index (χ2v) is 5.27. The molecule has 0 fully saturated rings. The predicted molar refractivity (Wildman–Crippen MR) is 83.7 cm³/mol. The van der Waals surface area contributed by atoms with Crippen LogP contribution in [0, 0.1) is 0 Å². The van der Waals surface area contributed by atoms with E-state index < -0.39 is 0 Å². The van der Waals surface area contributed by atoms with Crippen molar-refractivity contribution in [3.63, 3.8) is 0 Å². The van der Waals surface area contributed by atoms with E-state index in [1.165, 1.54) is 5.56 Å². The maximum Gasteiger partial charge on any atom is 0.120 e. The molecule has 0 unspecified atom stereocenters. The van der Waals surface area contributed by atoms with E-state index >= 15 is 0 Å². The van der Waals surface area contributed by atoms with Gasteiger partial charge in [-0.15, -0.1) is 0 Å². The molecule has 0 aliphatic carbocycles. The summed E-state index contributed by atoms with van der Waals surface area (Å²) in [6.07, 6.45) is 0. The second kappa shape index (κ2) is 5.97. The number of hydrogen-bond acceptors (Lipinski definition) is 3.